The second-order valence-electron chi connectivity index (χ2n) is 8.03. The molecule has 0 fully saturated rings. The van der Waals surface area contributed by atoms with Crippen LogP contribution in [0.4, 0.5) is 5.69 Å². The maximum Gasteiger partial charge on any atom is 0.258 e. The topological polar surface area (TPSA) is 71.3 Å². The van der Waals surface area contributed by atoms with Crippen molar-refractivity contribution in [1.29, 1.82) is 0 Å². The third-order valence-electron chi connectivity index (χ3n) is 5.07. The molecule has 0 aliphatic heterocycles. The summed E-state index contributed by atoms with van der Waals surface area (Å²) in [6, 6.07) is 14.9. The highest BCUT2D eigenvalue weighted by atomic mass is 35.5. The summed E-state index contributed by atoms with van der Waals surface area (Å²) in [5, 5.41) is 11.2. The Kier molecular flexibility index (Phi) is 8.06. The molecule has 2 N–H and O–H groups in total. The Balaban J connectivity index is 1.82. The normalized spacial score (nSPS) is 11.6. The third-order valence-corrected chi connectivity index (χ3v) is 5.30. The number of amides is 1. The molecule has 1 aromatic heterocycles. The van der Waals surface area contributed by atoms with Gasteiger partial charge in [-0.1, -0.05) is 50.6 Å². The van der Waals surface area contributed by atoms with E-state index in [1.165, 1.54) is 5.56 Å². The highest BCUT2D eigenvalue weighted by molar-refractivity contribution is 6.31. The van der Waals surface area contributed by atoms with Gasteiger partial charge in [-0.25, -0.2) is 4.99 Å². The smallest absolute Gasteiger partial charge is 0.258 e. The highest BCUT2D eigenvalue weighted by Crippen LogP contribution is 2.17. The van der Waals surface area contributed by atoms with Gasteiger partial charge in [0.15, 0.2) is 0 Å². The van der Waals surface area contributed by atoms with E-state index in [9.17, 15) is 4.79 Å². The predicted molar refractivity (Wildman–Crippen MR) is 131 cm³/mol. The molecule has 1 heterocycles. The van der Waals surface area contributed by atoms with Gasteiger partial charge in [0.1, 0.15) is 0 Å². The SMILES string of the molecule is CCCn1cc(CN=C(NC(=O)c2cccc(Cl)c2)Nc2ccc(C(C)C)cc2)c(C)n1. The van der Waals surface area contributed by atoms with Crippen LogP contribution in [0.25, 0.3) is 0 Å². The van der Waals surface area contributed by atoms with Crippen LogP contribution in [0.3, 0.4) is 0 Å². The average molecular weight is 452 g/mol. The summed E-state index contributed by atoms with van der Waals surface area (Å²) in [5.74, 6) is 0.535. The van der Waals surface area contributed by atoms with E-state index < -0.39 is 0 Å². The first kappa shape index (κ1) is 23.5. The zero-order chi connectivity index (χ0) is 23.1. The zero-order valence-electron chi connectivity index (χ0n) is 19.0. The molecule has 0 radical (unpaired) electrons. The summed E-state index contributed by atoms with van der Waals surface area (Å²) in [5.41, 5.74) is 4.51. The van der Waals surface area contributed by atoms with E-state index in [1.807, 2.05) is 29.9 Å². The summed E-state index contributed by atoms with van der Waals surface area (Å²) < 4.78 is 1.93. The number of hydrogen-bond donors (Lipinski definition) is 2. The van der Waals surface area contributed by atoms with Crippen LogP contribution in [0.15, 0.2) is 59.7 Å². The van der Waals surface area contributed by atoms with Crippen LogP contribution in [0.5, 0.6) is 0 Å². The number of aliphatic imine (C=N–C) groups is 1. The second-order valence-corrected chi connectivity index (χ2v) is 8.47. The van der Waals surface area contributed by atoms with Crippen LogP contribution >= 0.6 is 11.6 Å². The van der Waals surface area contributed by atoms with E-state index in [2.05, 4.69) is 53.6 Å². The molecule has 3 rings (SSSR count). The number of aromatic nitrogens is 2. The Morgan fingerprint density at radius 3 is 2.59 bits per heavy atom. The number of benzene rings is 2. The molecule has 7 heteroatoms. The summed E-state index contributed by atoms with van der Waals surface area (Å²) in [6.07, 6.45) is 3.02. The zero-order valence-corrected chi connectivity index (χ0v) is 19.8. The van der Waals surface area contributed by atoms with Crippen molar-refractivity contribution in [2.24, 2.45) is 4.99 Å². The van der Waals surface area contributed by atoms with Crippen LogP contribution in [-0.2, 0) is 13.1 Å². The molecular weight excluding hydrogens is 422 g/mol. The number of guanidine groups is 1. The first-order valence-corrected chi connectivity index (χ1v) is 11.2. The lowest BCUT2D eigenvalue weighted by molar-refractivity contribution is 0.0977. The number of carbonyl (C=O) groups excluding carboxylic acids is 1. The molecule has 0 atom stereocenters. The van der Waals surface area contributed by atoms with Crippen molar-refractivity contribution in [1.82, 2.24) is 15.1 Å². The third kappa shape index (κ3) is 6.44. The van der Waals surface area contributed by atoms with Crippen molar-refractivity contribution in [3.05, 3.63) is 82.1 Å². The average Bonchev–Trinajstić information content (AvgIpc) is 3.11. The Labute approximate surface area is 194 Å². The van der Waals surface area contributed by atoms with Gasteiger partial charge in [0.25, 0.3) is 5.91 Å². The largest absolute Gasteiger partial charge is 0.326 e. The van der Waals surface area contributed by atoms with Gasteiger partial charge >= 0.3 is 0 Å². The minimum absolute atomic E-state index is 0.282. The number of nitrogens with zero attached hydrogens (tertiary/aromatic N) is 3. The van der Waals surface area contributed by atoms with Crippen molar-refractivity contribution in [2.75, 3.05) is 5.32 Å². The monoisotopic (exact) mass is 451 g/mol. The molecule has 0 bridgehead atoms. The van der Waals surface area contributed by atoms with Gasteiger partial charge in [-0.15, -0.1) is 0 Å². The Hall–Kier alpha value is -3.12. The molecule has 6 nitrogen and oxygen atoms in total. The van der Waals surface area contributed by atoms with Gasteiger partial charge in [-0.2, -0.15) is 5.10 Å². The van der Waals surface area contributed by atoms with Crippen LogP contribution < -0.4 is 10.6 Å². The fraction of sp³-hybridized carbons (Fsp3) is 0.320. The van der Waals surface area contributed by atoms with E-state index in [-0.39, 0.29) is 5.91 Å². The number of hydrogen-bond acceptors (Lipinski definition) is 3. The quantitative estimate of drug-likeness (QED) is 0.353. The van der Waals surface area contributed by atoms with Gasteiger partial charge in [-0.05, 0) is 55.2 Å². The van der Waals surface area contributed by atoms with Crippen molar-refractivity contribution in [3.63, 3.8) is 0 Å². The second kappa shape index (κ2) is 11.0. The van der Waals surface area contributed by atoms with Crippen molar-refractivity contribution in [3.8, 4) is 0 Å². The number of rotatable bonds is 7. The molecule has 32 heavy (non-hydrogen) atoms. The van der Waals surface area contributed by atoms with Gasteiger partial charge in [-0.3, -0.25) is 14.8 Å². The summed E-state index contributed by atoms with van der Waals surface area (Å²) in [6.45, 7) is 9.66. The summed E-state index contributed by atoms with van der Waals surface area (Å²) >= 11 is 6.05. The maximum absolute atomic E-state index is 12.8. The molecule has 168 valence electrons. The molecule has 0 saturated heterocycles. The Morgan fingerprint density at radius 2 is 1.94 bits per heavy atom. The minimum atomic E-state index is -0.282. The molecule has 0 unspecified atom stereocenters. The minimum Gasteiger partial charge on any atom is -0.326 e. The first-order chi connectivity index (χ1) is 15.4. The predicted octanol–water partition coefficient (Wildman–Crippen LogP) is 5.78. The lowest BCUT2D eigenvalue weighted by Gasteiger charge is -2.13. The van der Waals surface area contributed by atoms with Gasteiger partial charge in [0.05, 0.1) is 12.2 Å². The first-order valence-electron chi connectivity index (χ1n) is 10.9. The lowest BCUT2D eigenvalue weighted by atomic mass is 10.0. The van der Waals surface area contributed by atoms with E-state index in [4.69, 9.17) is 11.6 Å². The molecule has 0 aliphatic rings. The van der Waals surface area contributed by atoms with Gasteiger partial charge in [0, 0.05) is 34.6 Å². The maximum atomic E-state index is 12.8. The molecule has 0 spiro atoms. The van der Waals surface area contributed by atoms with E-state index in [0.717, 1.165) is 29.9 Å². The molecule has 0 aliphatic carbocycles. The highest BCUT2D eigenvalue weighted by Gasteiger charge is 2.11. The standard InChI is InChI=1S/C25H30ClN5O/c1-5-13-31-16-21(18(4)30-31)15-27-25(28-23-11-9-19(10-12-23)17(2)3)29-24(32)20-7-6-8-22(26)14-20/h6-12,14,16-17H,5,13,15H2,1-4H3,(H2,27,28,29,32). The summed E-state index contributed by atoms with van der Waals surface area (Å²) in [4.78, 5) is 17.5. The Bertz CT molecular complexity index is 1090. The van der Waals surface area contributed by atoms with Crippen LogP contribution in [0.1, 0.15) is 60.3 Å². The molecule has 3 aromatic rings. The number of aryl methyl sites for hydroxylation is 2. The molecular formula is C25H30ClN5O. The van der Waals surface area contributed by atoms with Crippen LogP contribution in [0.2, 0.25) is 5.02 Å². The Morgan fingerprint density at radius 1 is 1.19 bits per heavy atom. The van der Waals surface area contributed by atoms with Gasteiger partial charge in [0.2, 0.25) is 5.96 Å². The van der Waals surface area contributed by atoms with Crippen LogP contribution in [-0.4, -0.2) is 21.6 Å². The molecule has 0 saturated carbocycles. The fourth-order valence-corrected chi connectivity index (χ4v) is 3.42. The molecule has 2 aromatic carbocycles. The summed E-state index contributed by atoms with van der Waals surface area (Å²) in [7, 11) is 0. The van der Waals surface area contributed by atoms with Crippen molar-refractivity contribution < 1.29 is 4.79 Å². The van der Waals surface area contributed by atoms with Crippen molar-refractivity contribution >= 4 is 29.2 Å². The lowest BCUT2D eigenvalue weighted by Crippen LogP contribution is -2.36. The van der Waals surface area contributed by atoms with Crippen LogP contribution in [0, 0.1) is 6.92 Å². The van der Waals surface area contributed by atoms with Crippen molar-refractivity contribution in [2.45, 2.75) is 53.1 Å². The number of carbonyl (C=O) groups is 1. The van der Waals surface area contributed by atoms with Gasteiger partial charge < -0.3 is 5.32 Å². The fourth-order valence-electron chi connectivity index (χ4n) is 3.23. The number of nitrogens with one attached hydrogen (secondary N) is 2. The van der Waals surface area contributed by atoms with E-state index in [1.54, 1.807) is 24.3 Å². The number of anilines is 1. The van der Waals surface area contributed by atoms with E-state index in [0.29, 0.717) is 29.0 Å². The number of halogens is 1. The molecule has 1 amide bonds. The van der Waals surface area contributed by atoms with E-state index >= 15 is 0 Å².